The van der Waals surface area contributed by atoms with Crippen LogP contribution in [0.4, 0.5) is 18.9 Å². The van der Waals surface area contributed by atoms with Crippen LogP contribution in [0, 0.1) is 11.3 Å². The van der Waals surface area contributed by atoms with Crippen LogP contribution in [0.3, 0.4) is 0 Å². The Morgan fingerprint density at radius 3 is 2.16 bits per heavy atom. The molecule has 9 heteroatoms. The molecule has 0 radical (unpaired) electrons. The standard InChI is InChI=1S/C28H28F3N3O2S/c1-33(2)26-16-21-10-12-34(3)13-11-22(21)17-27(26)37(35,36)24-8-5-19(6-9-24)14-23-7-4-20(18-32)15-25(23)28(29,30)31/h4-9,15-17H,10-14H2,1-3H3. The number of likely N-dealkylation sites (N-methyl/N-ethyl adjacent to an activating group) is 1. The van der Waals surface area contributed by atoms with Gasteiger partial charge in [-0.3, -0.25) is 0 Å². The molecule has 0 saturated heterocycles. The Balaban J connectivity index is 1.68. The van der Waals surface area contributed by atoms with Crippen molar-refractivity contribution in [1.82, 2.24) is 4.90 Å². The maximum atomic E-state index is 13.7. The molecule has 0 N–H and O–H groups in total. The van der Waals surface area contributed by atoms with Crippen LogP contribution >= 0.6 is 0 Å². The lowest BCUT2D eigenvalue weighted by molar-refractivity contribution is -0.138. The van der Waals surface area contributed by atoms with Crippen molar-refractivity contribution in [3.8, 4) is 6.07 Å². The number of nitrogens with zero attached hydrogens (tertiary/aromatic N) is 3. The summed E-state index contributed by atoms with van der Waals surface area (Å²) < 4.78 is 68.1. The highest BCUT2D eigenvalue weighted by Crippen LogP contribution is 2.35. The molecule has 0 bridgehead atoms. The topological polar surface area (TPSA) is 64.4 Å². The van der Waals surface area contributed by atoms with Crippen LogP contribution in [-0.4, -0.2) is 47.6 Å². The SMILES string of the molecule is CN1CCc2cc(N(C)C)c(S(=O)(=O)c3ccc(Cc4ccc(C#N)cc4C(F)(F)F)cc3)cc2CC1. The number of anilines is 1. The number of benzene rings is 3. The molecule has 0 spiro atoms. The Labute approximate surface area is 215 Å². The van der Waals surface area contributed by atoms with Crippen LogP contribution in [0.25, 0.3) is 0 Å². The zero-order valence-corrected chi connectivity index (χ0v) is 21.7. The number of nitriles is 1. The second-order valence-corrected chi connectivity index (χ2v) is 11.5. The minimum absolute atomic E-state index is 0.0210. The molecule has 0 amide bonds. The van der Waals surface area contributed by atoms with Gasteiger partial charge in [0.05, 0.1) is 32.7 Å². The molecule has 0 fully saturated rings. The zero-order chi connectivity index (χ0) is 27.0. The number of rotatable bonds is 5. The van der Waals surface area contributed by atoms with Gasteiger partial charge in [-0.25, -0.2) is 8.42 Å². The van der Waals surface area contributed by atoms with Crippen LogP contribution < -0.4 is 4.90 Å². The third kappa shape index (κ3) is 5.65. The van der Waals surface area contributed by atoms with E-state index >= 15 is 0 Å². The normalized spacial score (nSPS) is 14.5. The predicted molar refractivity (Wildman–Crippen MR) is 137 cm³/mol. The number of hydrogen-bond donors (Lipinski definition) is 0. The van der Waals surface area contributed by atoms with Crippen LogP contribution in [-0.2, 0) is 35.3 Å². The first kappa shape index (κ1) is 26.7. The summed E-state index contributed by atoms with van der Waals surface area (Å²) in [6.07, 6.45) is -3.05. The minimum Gasteiger partial charge on any atom is -0.377 e. The summed E-state index contributed by atoms with van der Waals surface area (Å²) in [5, 5.41) is 8.97. The van der Waals surface area contributed by atoms with Gasteiger partial charge < -0.3 is 9.80 Å². The average Bonchev–Trinajstić information content (AvgIpc) is 3.04. The van der Waals surface area contributed by atoms with Gasteiger partial charge in [0, 0.05) is 27.2 Å². The summed E-state index contributed by atoms with van der Waals surface area (Å²) >= 11 is 0. The fourth-order valence-electron chi connectivity index (χ4n) is 4.62. The second-order valence-electron chi connectivity index (χ2n) is 9.59. The second kappa shape index (κ2) is 10.2. The van der Waals surface area contributed by atoms with Crippen molar-refractivity contribution in [2.45, 2.75) is 35.2 Å². The highest BCUT2D eigenvalue weighted by Gasteiger charge is 2.33. The van der Waals surface area contributed by atoms with Crippen molar-refractivity contribution in [1.29, 1.82) is 5.26 Å². The number of sulfone groups is 1. The lowest BCUT2D eigenvalue weighted by Crippen LogP contribution is -2.20. The Bertz CT molecular complexity index is 1460. The zero-order valence-electron chi connectivity index (χ0n) is 20.9. The number of alkyl halides is 3. The summed E-state index contributed by atoms with van der Waals surface area (Å²) in [7, 11) is 1.79. The Morgan fingerprint density at radius 2 is 1.59 bits per heavy atom. The number of fused-ring (bicyclic) bond motifs is 1. The molecule has 0 atom stereocenters. The van der Waals surface area contributed by atoms with E-state index in [4.69, 9.17) is 5.26 Å². The highest BCUT2D eigenvalue weighted by molar-refractivity contribution is 7.91. The molecule has 5 nitrogen and oxygen atoms in total. The average molecular weight is 528 g/mol. The van der Waals surface area contributed by atoms with Gasteiger partial charge in [-0.15, -0.1) is 0 Å². The van der Waals surface area contributed by atoms with Crippen LogP contribution in [0.1, 0.15) is 33.4 Å². The van der Waals surface area contributed by atoms with Crippen LogP contribution in [0.5, 0.6) is 0 Å². The molecule has 1 aliphatic rings. The predicted octanol–water partition coefficient (Wildman–Crippen LogP) is 5.10. The lowest BCUT2D eigenvalue weighted by Gasteiger charge is -2.21. The summed E-state index contributed by atoms with van der Waals surface area (Å²) in [5.74, 6) is 0. The van der Waals surface area contributed by atoms with E-state index in [1.54, 1.807) is 29.2 Å². The number of hydrogen-bond acceptors (Lipinski definition) is 5. The van der Waals surface area contributed by atoms with Gasteiger partial charge in [0.15, 0.2) is 0 Å². The van der Waals surface area contributed by atoms with Crippen molar-refractivity contribution < 1.29 is 21.6 Å². The summed E-state index contributed by atoms with van der Waals surface area (Å²) in [6.45, 7) is 1.75. The first-order valence-electron chi connectivity index (χ1n) is 11.9. The quantitative estimate of drug-likeness (QED) is 0.462. The highest BCUT2D eigenvalue weighted by atomic mass is 32.2. The van der Waals surface area contributed by atoms with Gasteiger partial charge in [0.1, 0.15) is 0 Å². The maximum absolute atomic E-state index is 13.7. The van der Waals surface area contributed by atoms with Gasteiger partial charge in [-0.2, -0.15) is 18.4 Å². The molecular formula is C28H28F3N3O2S. The van der Waals surface area contributed by atoms with Gasteiger partial charge in [-0.1, -0.05) is 18.2 Å². The van der Waals surface area contributed by atoms with Crippen molar-refractivity contribution in [2.75, 3.05) is 39.1 Å². The molecule has 3 aromatic rings. The first-order chi connectivity index (χ1) is 17.4. The van der Waals surface area contributed by atoms with E-state index in [1.165, 1.54) is 24.3 Å². The summed E-state index contributed by atoms with van der Waals surface area (Å²) in [5.41, 5.74) is 2.39. The third-order valence-electron chi connectivity index (χ3n) is 6.75. The molecule has 1 heterocycles. The van der Waals surface area contributed by atoms with E-state index in [-0.39, 0.29) is 27.3 Å². The van der Waals surface area contributed by atoms with E-state index in [0.29, 0.717) is 11.3 Å². The van der Waals surface area contributed by atoms with Crippen LogP contribution in [0.15, 0.2) is 64.4 Å². The fourth-order valence-corrected chi connectivity index (χ4v) is 6.18. The van der Waals surface area contributed by atoms with Crippen LogP contribution in [0.2, 0.25) is 0 Å². The molecule has 0 aromatic heterocycles. The molecule has 0 saturated carbocycles. The minimum atomic E-state index is -4.60. The number of halogens is 3. The third-order valence-corrected chi connectivity index (χ3v) is 8.55. The van der Waals surface area contributed by atoms with E-state index < -0.39 is 21.6 Å². The van der Waals surface area contributed by atoms with E-state index in [1.807, 2.05) is 27.2 Å². The maximum Gasteiger partial charge on any atom is 0.416 e. The Kier molecular flexibility index (Phi) is 7.36. The molecule has 3 aromatic carbocycles. The van der Waals surface area contributed by atoms with E-state index in [0.717, 1.165) is 43.1 Å². The summed E-state index contributed by atoms with van der Waals surface area (Å²) in [6, 6.07) is 14.9. The van der Waals surface area contributed by atoms with E-state index in [9.17, 15) is 21.6 Å². The molecule has 1 aliphatic heterocycles. The van der Waals surface area contributed by atoms with Gasteiger partial charge >= 0.3 is 6.18 Å². The van der Waals surface area contributed by atoms with Gasteiger partial charge in [-0.05, 0) is 85.0 Å². The smallest absolute Gasteiger partial charge is 0.377 e. The molecule has 194 valence electrons. The first-order valence-corrected chi connectivity index (χ1v) is 13.3. The van der Waals surface area contributed by atoms with Crippen molar-refractivity contribution in [3.05, 3.63) is 88.0 Å². The largest absolute Gasteiger partial charge is 0.416 e. The fraction of sp³-hybridized carbons (Fsp3) is 0.321. The molecule has 4 rings (SSSR count). The molecule has 0 aliphatic carbocycles. The molecule has 0 unspecified atom stereocenters. The van der Waals surface area contributed by atoms with Crippen molar-refractivity contribution >= 4 is 15.5 Å². The van der Waals surface area contributed by atoms with E-state index in [2.05, 4.69) is 4.90 Å². The Morgan fingerprint density at radius 1 is 0.973 bits per heavy atom. The Hall–Kier alpha value is -3.35. The molecular weight excluding hydrogens is 499 g/mol. The lowest BCUT2D eigenvalue weighted by atomic mass is 9.97. The summed E-state index contributed by atoms with van der Waals surface area (Å²) in [4.78, 5) is 4.32. The van der Waals surface area contributed by atoms with Crippen molar-refractivity contribution in [2.24, 2.45) is 0 Å². The van der Waals surface area contributed by atoms with Crippen molar-refractivity contribution in [3.63, 3.8) is 0 Å². The van der Waals surface area contributed by atoms with Gasteiger partial charge in [0.2, 0.25) is 9.84 Å². The van der Waals surface area contributed by atoms with Gasteiger partial charge in [0.25, 0.3) is 0 Å². The molecule has 37 heavy (non-hydrogen) atoms. The monoisotopic (exact) mass is 527 g/mol.